The maximum Gasteiger partial charge on any atom is 0.148 e. The van der Waals surface area contributed by atoms with Crippen molar-refractivity contribution in [2.45, 2.75) is 31.5 Å². The van der Waals surface area contributed by atoms with Crippen LogP contribution in [0.15, 0.2) is 30.3 Å². The summed E-state index contributed by atoms with van der Waals surface area (Å²) in [5, 5.41) is 0. The van der Waals surface area contributed by atoms with Crippen molar-refractivity contribution in [3.05, 3.63) is 35.9 Å². The fourth-order valence-corrected chi connectivity index (χ4v) is 2.82. The highest BCUT2D eigenvalue weighted by Crippen LogP contribution is 2.53. The molecular weight excluding hydrogens is 210 g/mol. The Morgan fingerprint density at radius 3 is 2.35 bits per heavy atom. The second-order valence-electron chi connectivity index (χ2n) is 6.17. The Morgan fingerprint density at radius 1 is 1.18 bits per heavy atom. The molecule has 0 aromatic heterocycles. The lowest BCUT2D eigenvalue weighted by Gasteiger charge is -2.27. The SMILES string of the molecule is CCCC1(C[N+](C)(C)C)OC1c1ccccc1. The minimum atomic E-state index is 0.0777. The molecule has 0 saturated carbocycles. The second kappa shape index (κ2) is 4.43. The van der Waals surface area contributed by atoms with E-state index in [9.17, 15) is 0 Å². The molecule has 1 aliphatic heterocycles. The summed E-state index contributed by atoms with van der Waals surface area (Å²) in [6.45, 7) is 3.32. The summed E-state index contributed by atoms with van der Waals surface area (Å²) in [4.78, 5) is 0. The zero-order valence-electron chi connectivity index (χ0n) is 11.4. The van der Waals surface area contributed by atoms with Gasteiger partial charge in [0.1, 0.15) is 18.2 Å². The Balaban J connectivity index is 2.13. The highest BCUT2D eigenvalue weighted by atomic mass is 16.6. The van der Waals surface area contributed by atoms with Crippen molar-refractivity contribution in [1.82, 2.24) is 0 Å². The molecule has 0 bridgehead atoms. The average Bonchev–Trinajstić information content (AvgIpc) is 2.91. The van der Waals surface area contributed by atoms with Crippen LogP contribution in [0.2, 0.25) is 0 Å². The molecule has 94 valence electrons. The first kappa shape index (κ1) is 12.6. The summed E-state index contributed by atoms with van der Waals surface area (Å²) in [5.41, 5.74) is 1.41. The van der Waals surface area contributed by atoms with Gasteiger partial charge in [-0.2, -0.15) is 0 Å². The molecule has 0 amide bonds. The van der Waals surface area contributed by atoms with Crippen LogP contribution in [0, 0.1) is 0 Å². The van der Waals surface area contributed by atoms with Crippen molar-refractivity contribution in [3.63, 3.8) is 0 Å². The molecule has 1 fully saturated rings. The summed E-state index contributed by atoms with van der Waals surface area (Å²) >= 11 is 0. The minimum absolute atomic E-state index is 0.0777. The lowest BCUT2D eigenvalue weighted by molar-refractivity contribution is -0.873. The summed E-state index contributed by atoms with van der Waals surface area (Å²) in [5.74, 6) is 0. The van der Waals surface area contributed by atoms with Gasteiger partial charge in [0.25, 0.3) is 0 Å². The average molecular weight is 234 g/mol. The number of hydrogen-bond acceptors (Lipinski definition) is 1. The van der Waals surface area contributed by atoms with Gasteiger partial charge in [0.15, 0.2) is 0 Å². The monoisotopic (exact) mass is 234 g/mol. The number of nitrogens with zero attached hydrogens (tertiary/aromatic N) is 1. The quantitative estimate of drug-likeness (QED) is 0.563. The number of quaternary nitrogens is 1. The van der Waals surface area contributed by atoms with Crippen LogP contribution in [0.4, 0.5) is 0 Å². The normalized spacial score (nSPS) is 28.1. The van der Waals surface area contributed by atoms with E-state index in [1.165, 1.54) is 12.0 Å². The number of rotatable bonds is 5. The van der Waals surface area contributed by atoms with Crippen molar-refractivity contribution in [1.29, 1.82) is 0 Å². The van der Waals surface area contributed by atoms with Gasteiger partial charge in [0.2, 0.25) is 0 Å². The van der Waals surface area contributed by atoms with Crippen LogP contribution in [0.5, 0.6) is 0 Å². The van der Waals surface area contributed by atoms with Crippen LogP contribution in [0.3, 0.4) is 0 Å². The van der Waals surface area contributed by atoms with E-state index in [0.717, 1.165) is 17.4 Å². The Hall–Kier alpha value is -0.860. The highest BCUT2D eigenvalue weighted by molar-refractivity contribution is 5.26. The maximum atomic E-state index is 6.09. The highest BCUT2D eigenvalue weighted by Gasteiger charge is 2.59. The Kier molecular flexibility index (Phi) is 3.28. The summed E-state index contributed by atoms with van der Waals surface area (Å²) in [6.07, 6.45) is 2.65. The van der Waals surface area contributed by atoms with Crippen LogP contribution in [0.25, 0.3) is 0 Å². The molecular formula is C15H24NO+. The van der Waals surface area contributed by atoms with Gasteiger partial charge in [-0.1, -0.05) is 43.7 Å². The van der Waals surface area contributed by atoms with E-state index in [1.54, 1.807) is 0 Å². The number of epoxide rings is 1. The third-order valence-corrected chi connectivity index (χ3v) is 3.29. The van der Waals surface area contributed by atoms with Crippen LogP contribution in [0.1, 0.15) is 31.4 Å². The van der Waals surface area contributed by atoms with E-state index in [4.69, 9.17) is 4.74 Å². The molecule has 0 N–H and O–H groups in total. The lowest BCUT2D eigenvalue weighted by atomic mass is 9.94. The zero-order chi connectivity index (χ0) is 12.5. The topological polar surface area (TPSA) is 12.5 Å². The van der Waals surface area contributed by atoms with Crippen LogP contribution in [-0.2, 0) is 4.74 Å². The first-order chi connectivity index (χ1) is 7.97. The molecule has 17 heavy (non-hydrogen) atoms. The molecule has 2 rings (SSSR count). The molecule has 0 spiro atoms. The fraction of sp³-hybridized carbons (Fsp3) is 0.600. The van der Waals surface area contributed by atoms with Gasteiger partial charge in [0.05, 0.1) is 21.1 Å². The second-order valence-corrected chi connectivity index (χ2v) is 6.17. The van der Waals surface area contributed by atoms with E-state index >= 15 is 0 Å². The van der Waals surface area contributed by atoms with Gasteiger partial charge in [-0.3, -0.25) is 0 Å². The molecule has 2 atom stereocenters. The molecule has 0 radical (unpaired) electrons. The molecule has 2 nitrogen and oxygen atoms in total. The third kappa shape index (κ3) is 2.88. The molecule has 2 heteroatoms. The van der Waals surface area contributed by atoms with E-state index in [0.29, 0.717) is 6.10 Å². The van der Waals surface area contributed by atoms with Crippen LogP contribution < -0.4 is 0 Å². The summed E-state index contributed by atoms with van der Waals surface area (Å²) < 4.78 is 7.05. The maximum absolute atomic E-state index is 6.09. The molecule has 1 heterocycles. The van der Waals surface area contributed by atoms with Crippen molar-refractivity contribution >= 4 is 0 Å². The summed E-state index contributed by atoms with van der Waals surface area (Å²) in [7, 11) is 6.71. The van der Waals surface area contributed by atoms with Crippen molar-refractivity contribution < 1.29 is 9.22 Å². The summed E-state index contributed by atoms with van der Waals surface area (Å²) in [6, 6.07) is 10.6. The van der Waals surface area contributed by atoms with Gasteiger partial charge in [-0.05, 0) is 12.0 Å². The van der Waals surface area contributed by atoms with Gasteiger partial charge in [-0.15, -0.1) is 0 Å². The Labute approximate surface area is 105 Å². The number of likely N-dealkylation sites (N-methyl/N-ethyl adjacent to an activating group) is 1. The number of hydrogen-bond donors (Lipinski definition) is 0. The number of ether oxygens (including phenoxy) is 1. The molecule has 1 saturated heterocycles. The molecule has 1 aliphatic rings. The molecule has 0 aliphatic carbocycles. The fourth-order valence-electron chi connectivity index (χ4n) is 2.82. The predicted octanol–water partition coefficient (Wildman–Crippen LogP) is 3.00. The first-order valence-electron chi connectivity index (χ1n) is 6.50. The van der Waals surface area contributed by atoms with Crippen molar-refractivity contribution in [2.75, 3.05) is 27.7 Å². The van der Waals surface area contributed by atoms with Gasteiger partial charge in [0, 0.05) is 0 Å². The van der Waals surface area contributed by atoms with Gasteiger partial charge in [-0.25, -0.2) is 0 Å². The van der Waals surface area contributed by atoms with E-state index in [2.05, 4.69) is 58.4 Å². The largest absolute Gasteiger partial charge is 0.355 e. The first-order valence-corrected chi connectivity index (χ1v) is 6.50. The Morgan fingerprint density at radius 2 is 1.82 bits per heavy atom. The van der Waals surface area contributed by atoms with E-state index in [1.807, 2.05) is 0 Å². The van der Waals surface area contributed by atoms with E-state index < -0.39 is 0 Å². The standard InChI is InChI=1S/C15H24NO/c1-5-11-15(12-16(2,3)4)14(17-15)13-9-7-6-8-10-13/h6-10,14H,5,11-12H2,1-4H3/q+1. The smallest absolute Gasteiger partial charge is 0.148 e. The predicted molar refractivity (Wildman–Crippen MR) is 70.8 cm³/mol. The molecule has 1 aromatic carbocycles. The molecule has 1 aromatic rings. The Bertz CT molecular complexity index is 368. The van der Waals surface area contributed by atoms with E-state index in [-0.39, 0.29) is 5.60 Å². The van der Waals surface area contributed by atoms with Crippen molar-refractivity contribution in [2.24, 2.45) is 0 Å². The third-order valence-electron chi connectivity index (χ3n) is 3.29. The molecule has 2 unspecified atom stereocenters. The van der Waals surface area contributed by atoms with Crippen LogP contribution in [-0.4, -0.2) is 37.8 Å². The number of benzene rings is 1. The van der Waals surface area contributed by atoms with Gasteiger partial charge >= 0.3 is 0 Å². The van der Waals surface area contributed by atoms with Crippen LogP contribution >= 0.6 is 0 Å². The minimum Gasteiger partial charge on any atom is -0.355 e. The lowest BCUT2D eigenvalue weighted by Crippen LogP contribution is -2.43. The zero-order valence-corrected chi connectivity index (χ0v) is 11.4. The van der Waals surface area contributed by atoms with Crippen molar-refractivity contribution in [3.8, 4) is 0 Å². The van der Waals surface area contributed by atoms with Gasteiger partial charge < -0.3 is 9.22 Å².